The molecular weight excluding hydrogens is 269 g/mol. The molecule has 1 heterocycles. The molecule has 0 saturated heterocycles. The van der Waals surface area contributed by atoms with Gasteiger partial charge in [-0.25, -0.2) is 4.98 Å². The fourth-order valence-electron chi connectivity index (χ4n) is 1.77. The van der Waals surface area contributed by atoms with E-state index in [1.54, 1.807) is 30.3 Å². The number of alkyl halides is 3. The maximum atomic E-state index is 12.7. The molecule has 104 valence electrons. The van der Waals surface area contributed by atoms with Crippen LogP contribution in [0.5, 0.6) is 0 Å². The second-order valence-corrected chi connectivity index (χ2v) is 4.09. The minimum absolute atomic E-state index is 0.0569. The Morgan fingerprint density at radius 3 is 2.35 bits per heavy atom. The van der Waals surface area contributed by atoms with E-state index in [0.29, 0.717) is 5.69 Å². The number of anilines is 2. The molecule has 20 heavy (non-hydrogen) atoms. The SMILES string of the molecule is CC(=O)N(c1ccccc1)c1cc(C(F)(F)F)ccn1. The maximum absolute atomic E-state index is 12.7. The van der Waals surface area contributed by atoms with Crippen LogP contribution in [0.15, 0.2) is 48.7 Å². The number of aromatic nitrogens is 1. The van der Waals surface area contributed by atoms with E-state index in [1.807, 2.05) is 0 Å². The first-order valence-corrected chi connectivity index (χ1v) is 5.78. The highest BCUT2D eigenvalue weighted by Gasteiger charge is 2.31. The second-order valence-electron chi connectivity index (χ2n) is 4.09. The smallest absolute Gasteiger partial charge is 0.274 e. The van der Waals surface area contributed by atoms with Crippen molar-refractivity contribution in [1.29, 1.82) is 0 Å². The number of pyridine rings is 1. The number of hydrogen-bond acceptors (Lipinski definition) is 2. The molecule has 1 aromatic heterocycles. The van der Waals surface area contributed by atoms with E-state index in [4.69, 9.17) is 0 Å². The van der Waals surface area contributed by atoms with E-state index >= 15 is 0 Å². The lowest BCUT2D eigenvalue weighted by Gasteiger charge is -2.21. The van der Waals surface area contributed by atoms with Gasteiger partial charge in [-0.15, -0.1) is 0 Å². The number of hydrogen-bond donors (Lipinski definition) is 0. The number of nitrogens with zero attached hydrogens (tertiary/aromatic N) is 2. The lowest BCUT2D eigenvalue weighted by Crippen LogP contribution is -2.24. The molecule has 1 amide bonds. The van der Waals surface area contributed by atoms with Crippen molar-refractivity contribution in [3.8, 4) is 0 Å². The first-order chi connectivity index (χ1) is 9.39. The molecule has 3 nitrogen and oxygen atoms in total. The Balaban J connectivity index is 2.49. The molecule has 0 fully saturated rings. The summed E-state index contributed by atoms with van der Waals surface area (Å²) < 4.78 is 38.1. The highest BCUT2D eigenvalue weighted by Crippen LogP contribution is 2.32. The zero-order valence-corrected chi connectivity index (χ0v) is 10.6. The summed E-state index contributed by atoms with van der Waals surface area (Å²) in [6.07, 6.45) is -3.44. The van der Waals surface area contributed by atoms with Crippen LogP contribution in [0.4, 0.5) is 24.7 Å². The molecule has 0 bridgehead atoms. The molecule has 0 aliphatic carbocycles. The minimum Gasteiger partial charge on any atom is -0.274 e. The molecule has 0 atom stereocenters. The quantitative estimate of drug-likeness (QED) is 0.838. The van der Waals surface area contributed by atoms with Gasteiger partial charge >= 0.3 is 6.18 Å². The van der Waals surface area contributed by atoms with Crippen LogP contribution in [-0.4, -0.2) is 10.9 Å². The van der Waals surface area contributed by atoms with Gasteiger partial charge in [-0.2, -0.15) is 13.2 Å². The Hall–Kier alpha value is -2.37. The van der Waals surface area contributed by atoms with Crippen molar-refractivity contribution in [3.63, 3.8) is 0 Å². The average molecular weight is 280 g/mol. The zero-order chi connectivity index (χ0) is 14.8. The predicted octanol–water partition coefficient (Wildman–Crippen LogP) is 3.79. The van der Waals surface area contributed by atoms with Crippen molar-refractivity contribution in [2.75, 3.05) is 4.90 Å². The summed E-state index contributed by atoms with van der Waals surface area (Å²) in [5, 5.41) is 0. The summed E-state index contributed by atoms with van der Waals surface area (Å²) in [7, 11) is 0. The van der Waals surface area contributed by atoms with Gasteiger partial charge in [0.25, 0.3) is 0 Å². The van der Waals surface area contributed by atoms with Gasteiger partial charge in [-0.1, -0.05) is 18.2 Å². The average Bonchev–Trinajstić information content (AvgIpc) is 2.39. The van der Waals surface area contributed by atoms with Crippen molar-refractivity contribution in [2.45, 2.75) is 13.1 Å². The van der Waals surface area contributed by atoms with Crippen LogP contribution in [0, 0.1) is 0 Å². The van der Waals surface area contributed by atoms with Crippen LogP contribution in [-0.2, 0) is 11.0 Å². The Morgan fingerprint density at radius 1 is 1.15 bits per heavy atom. The van der Waals surface area contributed by atoms with Crippen LogP contribution in [0.3, 0.4) is 0 Å². The van der Waals surface area contributed by atoms with Crippen molar-refractivity contribution in [1.82, 2.24) is 4.98 Å². The summed E-state index contributed by atoms with van der Waals surface area (Å²) in [5.74, 6) is -0.471. The molecule has 0 spiro atoms. The number of carbonyl (C=O) groups is 1. The molecule has 0 aliphatic heterocycles. The first-order valence-electron chi connectivity index (χ1n) is 5.78. The third-order valence-corrected chi connectivity index (χ3v) is 2.63. The van der Waals surface area contributed by atoms with Crippen LogP contribution in [0.25, 0.3) is 0 Å². The maximum Gasteiger partial charge on any atom is 0.416 e. The summed E-state index contributed by atoms with van der Waals surface area (Å²) in [6, 6.07) is 10.1. The van der Waals surface area contributed by atoms with E-state index < -0.39 is 17.6 Å². The predicted molar refractivity (Wildman–Crippen MR) is 68.5 cm³/mol. The molecular formula is C14H11F3N2O. The summed E-state index contributed by atoms with van der Waals surface area (Å²) in [5.41, 5.74) is -0.378. The lowest BCUT2D eigenvalue weighted by molar-refractivity contribution is -0.137. The van der Waals surface area contributed by atoms with Gasteiger partial charge in [0.05, 0.1) is 11.3 Å². The molecule has 0 saturated carbocycles. The number of amides is 1. The van der Waals surface area contributed by atoms with E-state index in [0.717, 1.165) is 23.2 Å². The summed E-state index contributed by atoms with van der Waals surface area (Å²) in [6.45, 7) is 1.27. The van der Waals surface area contributed by atoms with Crippen LogP contribution >= 0.6 is 0 Å². The topological polar surface area (TPSA) is 33.2 Å². The fraction of sp³-hybridized carbons (Fsp3) is 0.143. The summed E-state index contributed by atoms with van der Waals surface area (Å²) in [4.78, 5) is 16.7. The monoisotopic (exact) mass is 280 g/mol. The Labute approximate surface area is 113 Å². The van der Waals surface area contributed by atoms with Crippen LogP contribution in [0.2, 0.25) is 0 Å². The van der Waals surface area contributed by atoms with Gasteiger partial charge in [0.2, 0.25) is 5.91 Å². The van der Waals surface area contributed by atoms with Gasteiger partial charge in [0.15, 0.2) is 0 Å². The number of carbonyl (C=O) groups excluding carboxylic acids is 1. The number of halogens is 3. The highest BCUT2D eigenvalue weighted by molar-refractivity contribution is 5.98. The van der Waals surface area contributed by atoms with E-state index in [-0.39, 0.29) is 5.82 Å². The Bertz CT molecular complexity index is 611. The normalized spacial score (nSPS) is 11.2. The molecule has 1 aromatic carbocycles. The van der Waals surface area contributed by atoms with Gasteiger partial charge in [0, 0.05) is 13.1 Å². The standard InChI is InChI=1S/C14H11F3N2O/c1-10(20)19(12-5-3-2-4-6-12)13-9-11(7-8-18-13)14(15,16)17/h2-9H,1H3. The molecule has 0 N–H and O–H groups in total. The van der Waals surface area contributed by atoms with E-state index in [1.165, 1.54) is 6.92 Å². The molecule has 2 rings (SSSR count). The van der Waals surface area contributed by atoms with Crippen molar-refractivity contribution in [2.24, 2.45) is 0 Å². The van der Waals surface area contributed by atoms with Crippen LogP contribution in [0.1, 0.15) is 12.5 Å². The van der Waals surface area contributed by atoms with Crippen LogP contribution < -0.4 is 4.90 Å². The Kier molecular flexibility index (Phi) is 3.74. The molecule has 0 radical (unpaired) electrons. The van der Waals surface area contributed by atoms with E-state index in [9.17, 15) is 18.0 Å². The third-order valence-electron chi connectivity index (χ3n) is 2.63. The largest absolute Gasteiger partial charge is 0.416 e. The zero-order valence-electron chi connectivity index (χ0n) is 10.6. The van der Waals surface area contributed by atoms with Gasteiger partial charge in [-0.3, -0.25) is 9.69 Å². The minimum atomic E-state index is -4.48. The third kappa shape index (κ3) is 2.96. The van der Waals surface area contributed by atoms with Crippen molar-refractivity contribution < 1.29 is 18.0 Å². The number of benzene rings is 1. The van der Waals surface area contributed by atoms with Crippen molar-refractivity contribution >= 4 is 17.4 Å². The highest BCUT2D eigenvalue weighted by atomic mass is 19.4. The fourth-order valence-corrected chi connectivity index (χ4v) is 1.77. The lowest BCUT2D eigenvalue weighted by atomic mass is 10.2. The summed E-state index contributed by atoms with van der Waals surface area (Å²) >= 11 is 0. The molecule has 2 aromatic rings. The second kappa shape index (κ2) is 5.32. The van der Waals surface area contributed by atoms with E-state index in [2.05, 4.69) is 4.98 Å². The Morgan fingerprint density at radius 2 is 1.80 bits per heavy atom. The molecule has 0 aliphatic rings. The van der Waals surface area contributed by atoms with Gasteiger partial charge < -0.3 is 0 Å². The number of para-hydroxylation sites is 1. The molecule has 6 heteroatoms. The van der Waals surface area contributed by atoms with Gasteiger partial charge in [0.1, 0.15) is 5.82 Å². The first kappa shape index (κ1) is 14.0. The number of rotatable bonds is 2. The van der Waals surface area contributed by atoms with Crippen molar-refractivity contribution in [3.05, 3.63) is 54.2 Å². The van der Waals surface area contributed by atoms with Gasteiger partial charge in [-0.05, 0) is 24.3 Å². The molecule has 0 unspecified atom stereocenters.